The second-order valence-corrected chi connectivity index (χ2v) is 18.7. The van der Waals surface area contributed by atoms with Crippen LogP contribution in [0.2, 0.25) is 0 Å². The van der Waals surface area contributed by atoms with Crippen LogP contribution in [0.25, 0.3) is 44.1 Å². The number of aromatic nitrogens is 2. The van der Waals surface area contributed by atoms with Crippen molar-refractivity contribution in [3.8, 4) is 45.3 Å². The van der Waals surface area contributed by atoms with E-state index < -0.39 is 0 Å². The Kier molecular flexibility index (Phi) is 20.7. The minimum atomic E-state index is 0.125. The number of phenols is 2. The quantitative estimate of drug-likeness (QED) is 0.0343. The van der Waals surface area contributed by atoms with E-state index in [9.17, 15) is 10.2 Å². The Balaban J connectivity index is 1.19. The average molecular weight is 939 g/mol. The molecule has 2 aromatic heterocycles. The fourth-order valence-corrected chi connectivity index (χ4v) is 9.11. The second-order valence-electron chi connectivity index (χ2n) is 18.7. The number of nitrogens with zero attached hydrogens (tertiary/aromatic N) is 4. The summed E-state index contributed by atoms with van der Waals surface area (Å²) in [5, 5.41) is 24.4. The molecule has 0 unspecified atom stereocenters. The number of unbranched alkanes of at least 4 members (excludes halogenated alkanes) is 18. The molecule has 70 heavy (non-hydrogen) atoms. The summed E-state index contributed by atoms with van der Waals surface area (Å²) in [5.74, 6) is 1.68. The molecule has 0 aliphatic carbocycles. The average Bonchev–Trinajstić information content (AvgIpc) is 3.39. The first kappa shape index (κ1) is 51.3. The molecule has 2 N–H and O–H groups in total. The zero-order valence-corrected chi connectivity index (χ0v) is 41.8. The highest BCUT2D eigenvalue weighted by Gasteiger charge is 2.18. The van der Waals surface area contributed by atoms with E-state index in [2.05, 4.69) is 35.9 Å². The molecule has 2 heterocycles. The van der Waals surface area contributed by atoms with Crippen LogP contribution in [0.1, 0.15) is 153 Å². The number of hydrogen-bond donors (Lipinski definition) is 2. The summed E-state index contributed by atoms with van der Waals surface area (Å²) in [6.07, 6.45) is 31.7. The minimum Gasteiger partial charge on any atom is -0.507 e. The zero-order valence-electron chi connectivity index (χ0n) is 41.8. The van der Waals surface area contributed by atoms with Crippen molar-refractivity contribution in [3.05, 3.63) is 133 Å². The number of aliphatic imine (C=N–C) groups is 2. The molecular weight excluding hydrogens is 865 g/mol. The maximum Gasteiger partial charge on any atom is 0.128 e. The first-order chi connectivity index (χ1) is 34.5. The number of ether oxygens (including phenoxy) is 2. The van der Waals surface area contributed by atoms with Gasteiger partial charge in [-0.3, -0.25) is 20.0 Å². The van der Waals surface area contributed by atoms with E-state index in [-0.39, 0.29) is 11.5 Å². The third-order valence-corrected chi connectivity index (χ3v) is 13.2. The number of fused-ring (bicyclic) bond motifs is 2. The predicted octanol–water partition coefficient (Wildman–Crippen LogP) is 17.6. The summed E-state index contributed by atoms with van der Waals surface area (Å²) in [5.41, 5.74) is 7.65. The van der Waals surface area contributed by atoms with Crippen molar-refractivity contribution < 1.29 is 19.7 Å². The second kappa shape index (κ2) is 28.2. The van der Waals surface area contributed by atoms with E-state index in [4.69, 9.17) is 19.5 Å². The lowest BCUT2D eigenvalue weighted by Crippen LogP contribution is -2.03. The van der Waals surface area contributed by atoms with Gasteiger partial charge >= 0.3 is 0 Å². The van der Waals surface area contributed by atoms with E-state index in [1.165, 1.54) is 103 Å². The number of para-hydroxylation sites is 2. The molecule has 0 radical (unpaired) electrons. The molecule has 0 fully saturated rings. The van der Waals surface area contributed by atoms with Crippen molar-refractivity contribution in [2.75, 3.05) is 13.2 Å². The van der Waals surface area contributed by atoms with Gasteiger partial charge < -0.3 is 19.7 Å². The summed E-state index contributed by atoms with van der Waals surface area (Å²) in [6, 6.07) is 35.1. The van der Waals surface area contributed by atoms with Crippen LogP contribution < -0.4 is 9.47 Å². The van der Waals surface area contributed by atoms with Crippen molar-refractivity contribution in [1.29, 1.82) is 0 Å². The first-order valence-corrected chi connectivity index (χ1v) is 26.4. The van der Waals surface area contributed by atoms with Crippen LogP contribution in [-0.2, 0) is 0 Å². The van der Waals surface area contributed by atoms with Gasteiger partial charge in [0.05, 0.1) is 35.6 Å². The molecule has 0 aliphatic rings. The van der Waals surface area contributed by atoms with Crippen molar-refractivity contribution in [2.24, 2.45) is 9.98 Å². The molecule has 0 atom stereocenters. The summed E-state index contributed by atoms with van der Waals surface area (Å²) < 4.78 is 13.6. The molecule has 0 amide bonds. The SMILES string of the molecule is CCCCCCCCCCCCOc1cc(-c2ccc(O)c(C=Nc3cccc4cccnc34)c2)c(OCCCCCCCCCCCC)cc1-c1ccc(O)c(C=Nc2cccc3cccnc23)c1. The first-order valence-electron chi connectivity index (χ1n) is 26.4. The van der Waals surface area contributed by atoms with Gasteiger partial charge in [0, 0.05) is 57.8 Å². The lowest BCUT2D eigenvalue weighted by molar-refractivity contribution is 0.298. The van der Waals surface area contributed by atoms with Crippen molar-refractivity contribution in [1.82, 2.24) is 9.97 Å². The highest BCUT2D eigenvalue weighted by Crippen LogP contribution is 2.43. The van der Waals surface area contributed by atoms with E-state index in [1.807, 2.05) is 84.9 Å². The number of aromatic hydroxyl groups is 2. The third-order valence-electron chi connectivity index (χ3n) is 13.2. The highest BCUT2D eigenvalue weighted by atomic mass is 16.5. The number of hydrogen-bond acceptors (Lipinski definition) is 8. The fraction of sp³-hybridized carbons (Fsp3) is 0.387. The molecule has 5 aromatic carbocycles. The van der Waals surface area contributed by atoms with Gasteiger partial charge in [0.2, 0.25) is 0 Å². The van der Waals surface area contributed by atoms with E-state index >= 15 is 0 Å². The summed E-state index contributed by atoms with van der Waals surface area (Å²) in [6.45, 7) is 5.66. The minimum absolute atomic E-state index is 0.125. The van der Waals surface area contributed by atoms with Gasteiger partial charge in [0.15, 0.2) is 0 Å². The Hall–Kier alpha value is -6.54. The van der Waals surface area contributed by atoms with Crippen LogP contribution in [0.5, 0.6) is 23.0 Å². The van der Waals surface area contributed by atoms with Crippen molar-refractivity contribution >= 4 is 45.6 Å². The number of rotatable bonds is 30. The van der Waals surface area contributed by atoms with Gasteiger partial charge in [-0.2, -0.15) is 0 Å². The Morgan fingerprint density at radius 2 is 0.800 bits per heavy atom. The third kappa shape index (κ3) is 15.2. The Labute approximate surface area is 417 Å². The van der Waals surface area contributed by atoms with Gasteiger partial charge in [-0.1, -0.05) is 178 Å². The van der Waals surface area contributed by atoms with Crippen molar-refractivity contribution in [3.63, 3.8) is 0 Å². The molecular formula is C62H74N4O4. The predicted molar refractivity (Wildman–Crippen MR) is 293 cm³/mol. The molecule has 0 spiro atoms. The van der Waals surface area contributed by atoms with Gasteiger partial charge in [-0.05, 0) is 84.6 Å². The van der Waals surface area contributed by atoms with Crippen LogP contribution in [0, 0.1) is 0 Å². The van der Waals surface area contributed by atoms with Gasteiger partial charge in [0.1, 0.15) is 23.0 Å². The monoisotopic (exact) mass is 939 g/mol. The zero-order chi connectivity index (χ0) is 48.6. The highest BCUT2D eigenvalue weighted by molar-refractivity contribution is 5.96. The van der Waals surface area contributed by atoms with E-state index in [1.54, 1.807) is 37.0 Å². The number of benzene rings is 5. The Bertz CT molecular complexity index is 2570. The van der Waals surface area contributed by atoms with E-state index in [0.717, 1.165) is 81.1 Å². The fourth-order valence-electron chi connectivity index (χ4n) is 9.11. The molecule has 0 bridgehead atoms. The topological polar surface area (TPSA) is 109 Å². The maximum absolute atomic E-state index is 11.2. The van der Waals surface area contributed by atoms with Crippen LogP contribution in [-0.4, -0.2) is 45.8 Å². The van der Waals surface area contributed by atoms with Gasteiger partial charge in [-0.25, -0.2) is 0 Å². The molecule has 8 nitrogen and oxygen atoms in total. The van der Waals surface area contributed by atoms with Crippen LogP contribution in [0.15, 0.2) is 132 Å². The molecule has 0 saturated heterocycles. The Morgan fingerprint density at radius 3 is 1.20 bits per heavy atom. The number of phenolic OH excluding ortho intramolecular Hbond substituents is 2. The standard InChI is InChI=1S/C62H74N4O4/c1-3-5-7-9-11-13-15-17-19-21-39-69-59-43-54(50-34-36-58(68)52(42-50)46-66-56-32-24-28-48-30-26-38-64-62(48)56)60(70-40-22-20-18-16-14-12-10-8-6-4-2)44-53(59)49-33-35-57(67)51(41-49)45-65-55-31-23-27-47-29-25-37-63-61(47)55/h23-38,41-46,67-68H,3-22,39-40H2,1-2H3. The lowest BCUT2D eigenvalue weighted by atomic mass is 9.95. The summed E-state index contributed by atoms with van der Waals surface area (Å²) >= 11 is 0. The smallest absolute Gasteiger partial charge is 0.128 e. The van der Waals surface area contributed by atoms with Gasteiger partial charge in [-0.15, -0.1) is 0 Å². The lowest BCUT2D eigenvalue weighted by Gasteiger charge is -2.19. The molecule has 8 heteroatoms. The molecule has 0 aliphatic heterocycles. The van der Waals surface area contributed by atoms with Crippen molar-refractivity contribution in [2.45, 2.75) is 142 Å². The number of pyridine rings is 2. The molecule has 7 aromatic rings. The van der Waals surface area contributed by atoms with E-state index in [0.29, 0.717) is 35.8 Å². The summed E-state index contributed by atoms with van der Waals surface area (Å²) in [4.78, 5) is 18.8. The van der Waals surface area contributed by atoms with Crippen LogP contribution in [0.3, 0.4) is 0 Å². The summed E-state index contributed by atoms with van der Waals surface area (Å²) in [7, 11) is 0. The van der Waals surface area contributed by atoms with Gasteiger partial charge in [0.25, 0.3) is 0 Å². The molecule has 366 valence electrons. The maximum atomic E-state index is 11.2. The normalized spacial score (nSPS) is 11.7. The van der Waals surface area contributed by atoms with Crippen LogP contribution in [0.4, 0.5) is 11.4 Å². The molecule has 7 rings (SSSR count). The largest absolute Gasteiger partial charge is 0.507 e. The van der Waals surface area contributed by atoms with Crippen LogP contribution >= 0.6 is 0 Å². The Morgan fingerprint density at radius 1 is 0.429 bits per heavy atom. The molecule has 0 saturated carbocycles.